The molecule has 0 saturated carbocycles. The van der Waals surface area contributed by atoms with E-state index in [9.17, 15) is 0 Å². The van der Waals surface area contributed by atoms with E-state index >= 15 is 0 Å². The molecule has 12 heavy (non-hydrogen) atoms. The molecule has 0 aromatic carbocycles. The van der Waals surface area contributed by atoms with E-state index in [1.807, 2.05) is 14.0 Å². The van der Waals surface area contributed by atoms with E-state index in [0.717, 1.165) is 26.4 Å². The first-order chi connectivity index (χ1) is 5.88. The Morgan fingerprint density at radius 1 is 1.67 bits per heavy atom. The fraction of sp³-hybridized carbons (Fsp3) is 1.00. The lowest BCUT2D eigenvalue weighted by atomic mass is 10.0. The molecular weight excluding hydrogens is 154 g/mol. The van der Waals surface area contributed by atoms with E-state index in [4.69, 9.17) is 9.47 Å². The first-order valence-electron chi connectivity index (χ1n) is 4.71. The van der Waals surface area contributed by atoms with Gasteiger partial charge in [0.1, 0.15) is 0 Å². The van der Waals surface area contributed by atoms with Crippen LogP contribution in [-0.4, -0.2) is 39.5 Å². The lowest BCUT2D eigenvalue weighted by Crippen LogP contribution is -2.38. The van der Waals surface area contributed by atoms with Gasteiger partial charge in [-0.3, -0.25) is 0 Å². The molecule has 0 aliphatic carbocycles. The molecule has 0 radical (unpaired) electrons. The summed E-state index contributed by atoms with van der Waals surface area (Å²) in [5.41, 5.74) is 0. The summed E-state index contributed by atoms with van der Waals surface area (Å²) in [6, 6.07) is 0.465. The quantitative estimate of drug-likeness (QED) is 0.662. The second kappa shape index (κ2) is 5.51. The van der Waals surface area contributed by atoms with Crippen LogP contribution in [-0.2, 0) is 9.47 Å². The van der Waals surface area contributed by atoms with Crippen molar-refractivity contribution >= 4 is 0 Å². The zero-order valence-corrected chi connectivity index (χ0v) is 8.01. The second-order valence-electron chi connectivity index (χ2n) is 3.18. The summed E-state index contributed by atoms with van der Waals surface area (Å²) >= 11 is 0. The summed E-state index contributed by atoms with van der Waals surface area (Å²) in [4.78, 5) is 0. The number of hydrogen-bond donors (Lipinski definition) is 1. The van der Waals surface area contributed by atoms with Gasteiger partial charge in [-0.05, 0) is 20.4 Å². The van der Waals surface area contributed by atoms with Crippen molar-refractivity contribution in [2.75, 3.05) is 33.5 Å². The lowest BCUT2D eigenvalue weighted by molar-refractivity contribution is 0.0984. The second-order valence-corrected chi connectivity index (χ2v) is 3.18. The van der Waals surface area contributed by atoms with Crippen LogP contribution in [0.25, 0.3) is 0 Å². The van der Waals surface area contributed by atoms with Gasteiger partial charge in [-0.1, -0.05) is 0 Å². The highest BCUT2D eigenvalue weighted by atomic mass is 16.5. The molecule has 1 aliphatic heterocycles. The Labute approximate surface area is 74.4 Å². The van der Waals surface area contributed by atoms with Gasteiger partial charge in [0.2, 0.25) is 0 Å². The Bertz CT molecular complexity index is 113. The van der Waals surface area contributed by atoms with E-state index in [-0.39, 0.29) is 0 Å². The van der Waals surface area contributed by atoms with Gasteiger partial charge in [0.05, 0.1) is 13.2 Å². The van der Waals surface area contributed by atoms with Crippen LogP contribution in [0.4, 0.5) is 0 Å². The van der Waals surface area contributed by atoms with Gasteiger partial charge in [-0.2, -0.15) is 0 Å². The number of hydrogen-bond acceptors (Lipinski definition) is 3. The van der Waals surface area contributed by atoms with Gasteiger partial charge in [0, 0.05) is 25.2 Å². The van der Waals surface area contributed by atoms with E-state index in [0.29, 0.717) is 12.0 Å². The molecule has 0 amide bonds. The molecule has 1 heterocycles. The Hall–Kier alpha value is -0.120. The van der Waals surface area contributed by atoms with Crippen LogP contribution < -0.4 is 5.32 Å². The molecule has 3 nitrogen and oxygen atoms in total. The van der Waals surface area contributed by atoms with Crippen LogP contribution in [0.1, 0.15) is 13.3 Å². The number of likely N-dealkylation sites (N-methyl/N-ethyl adjacent to an activating group) is 1. The highest BCUT2D eigenvalue weighted by Gasteiger charge is 2.24. The molecule has 0 aromatic heterocycles. The highest BCUT2D eigenvalue weighted by molar-refractivity contribution is 4.77. The Morgan fingerprint density at radius 2 is 2.50 bits per heavy atom. The third-order valence-corrected chi connectivity index (χ3v) is 2.41. The minimum atomic E-state index is 0.465. The first-order valence-corrected chi connectivity index (χ1v) is 4.71. The number of ether oxygens (including phenoxy) is 2. The van der Waals surface area contributed by atoms with Crippen molar-refractivity contribution < 1.29 is 9.47 Å². The summed E-state index contributed by atoms with van der Waals surface area (Å²) < 4.78 is 10.7. The number of nitrogens with one attached hydrogen (secondary N) is 1. The normalized spacial score (nSPS) is 26.0. The molecule has 0 spiro atoms. The molecule has 1 saturated heterocycles. The van der Waals surface area contributed by atoms with Crippen LogP contribution >= 0.6 is 0 Å². The average Bonchev–Trinajstić information content (AvgIpc) is 2.59. The van der Waals surface area contributed by atoms with Gasteiger partial charge >= 0.3 is 0 Å². The van der Waals surface area contributed by atoms with E-state index in [2.05, 4.69) is 5.32 Å². The van der Waals surface area contributed by atoms with E-state index in [1.165, 1.54) is 6.42 Å². The van der Waals surface area contributed by atoms with E-state index < -0.39 is 0 Å². The topological polar surface area (TPSA) is 30.5 Å². The monoisotopic (exact) mass is 173 g/mol. The van der Waals surface area contributed by atoms with Crippen molar-refractivity contribution in [3.63, 3.8) is 0 Å². The summed E-state index contributed by atoms with van der Waals surface area (Å²) in [7, 11) is 1.99. The molecule has 72 valence electrons. The third-order valence-electron chi connectivity index (χ3n) is 2.41. The molecule has 1 fully saturated rings. The standard InChI is InChI=1S/C9H19NO2/c1-3-11-7-9(10-2)8-4-5-12-6-8/h8-10H,3-7H2,1-2H3. The summed E-state index contributed by atoms with van der Waals surface area (Å²) in [5.74, 6) is 0.640. The van der Waals surface area contributed by atoms with Crippen molar-refractivity contribution in [2.45, 2.75) is 19.4 Å². The SMILES string of the molecule is CCOCC(NC)C1CCOC1. The number of rotatable bonds is 5. The largest absolute Gasteiger partial charge is 0.381 e. The van der Waals surface area contributed by atoms with Gasteiger partial charge in [0.25, 0.3) is 0 Å². The first kappa shape index (κ1) is 9.96. The molecule has 1 rings (SSSR count). The Kier molecular flexibility index (Phi) is 4.58. The van der Waals surface area contributed by atoms with Crippen LogP contribution in [0.3, 0.4) is 0 Å². The maximum absolute atomic E-state index is 5.38. The predicted octanol–water partition coefficient (Wildman–Crippen LogP) is 0.647. The third kappa shape index (κ3) is 2.73. The molecule has 2 unspecified atom stereocenters. The fourth-order valence-corrected chi connectivity index (χ4v) is 1.57. The summed E-state index contributed by atoms with van der Waals surface area (Å²) in [6.07, 6.45) is 1.17. The highest BCUT2D eigenvalue weighted by Crippen LogP contribution is 2.16. The van der Waals surface area contributed by atoms with Gasteiger partial charge in [-0.25, -0.2) is 0 Å². The zero-order valence-electron chi connectivity index (χ0n) is 8.01. The van der Waals surface area contributed by atoms with Gasteiger partial charge in [-0.15, -0.1) is 0 Å². The zero-order chi connectivity index (χ0) is 8.81. The smallest absolute Gasteiger partial charge is 0.0622 e. The van der Waals surface area contributed by atoms with Crippen LogP contribution in [0.2, 0.25) is 0 Å². The summed E-state index contributed by atoms with van der Waals surface area (Å²) in [5, 5.41) is 3.27. The van der Waals surface area contributed by atoms with Crippen molar-refractivity contribution in [1.29, 1.82) is 0 Å². The maximum Gasteiger partial charge on any atom is 0.0622 e. The Morgan fingerprint density at radius 3 is 3.00 bits per heavy atom. The molecular formula is C9H19NO2. The van der Waals surface area contributed by atoms with Crippen molar-refractivity contribution in [1.82, 2.24) is 5.32 Å². The molecule has 2 atom stereocenters. The molecule has 0 aromatic rings. The minimum absolute atomic E-state index is 0.465. The van der Waals surface area contributed by atoms with Crippen LogP contribution in [0.15, 0.2) is 0 Å². The molecule has 1 N–H and O–H groups in total. The lowest BCUT2D eigenvalue weighted by Gasteiger charge is -2.21. The Balaban J connectivity index is 2.22. The molecule has 1 aliphatic rings. The van der Waals surface area contributed by atoms with E-state index in [1.54, 1.807) is 0 Å². The van der Waals surface area contributed by atoms with Crippen molar-refractivity contribution in [3.05, 3.63) is 0 Å². The predicted molar refractivity (Wildman–Crippen MR) is 48.3 cm³/mol. The van der Waals surface area contributed by atoms with Gasteiger partial charge < -0.3 is 14.8 Å². The average molecular weight is 173 g/mol. The van der Waals surface area contributed by atoms with Crippen molar-refractivity contribution in [3.8, 4) is 0 Å². The van der Waals surface area contributed by atoms with Crippen LogP contribution in [0.5, 0.6) is 0 Å². The minimum Gasteiger partial charge on any atom is -0.381 e. The molecule has 3 heteroatoms. The molecule has 0 bridgehead atoms. The van der Waals surface area contributed by atoms with Crippen molar-refractivity contribution in [2.24, 2.45) is 5.92 Å². The summed E-state index contributed by atoms with van der Waals surface area (Å²) in [6.45, 7) is 5.43. The van der Waals surface area contributed by atoms with Gasteiger partial charge in [0.15, 0.2) is 0 Å². The fourth-order valence-electron chi connectivity index (χ4n) is 1.57. The van der Waals surface area contributed by atoms with Crippen LogP contribution in [0, 0.1) is 5.92 Å². The maximum atomic E-state index is 5.38.